The van der Waals surface area contributed by atoms with Gasteiger partial charge in [0.05, 0.1) is 10.3 Å². The Kier molecular flexibility index (Phi) is 4.78. The third kappa shape index (κ3) is 3.49. The van der Waals surface area contributed by atoms with Gasteiger partial charge in [-0.15, -0.1) is 23.1 Å². The summed E-state index contributed by atoms with van der Waals surface area (Å²) < 4.78 is 0. The average Bonchev–Trinajstić information content (AvgIpc) is 2.98. The molecule has 0 radical (unpaired) electrons. The van der Waals surface area contributed by atoms with Gasteiger partial charge in [0.1, 0.15) is 6.04 Å². The minimum absolute atomic E-state index is 0.00148. The van der Waals surface area contributed by atoms with E-state index in [1.807, 2.05) is 22.4 Å². The Morgan fingerprint density at radius 2 is 2.18 bits per heavy atom. The lowest BCUT2D eigenvalue weighted by atomic mass is 10.1. The van der Waals surface area contributed by atoms with E-state index >= 15 is 0 Å². The van der Waals surface area contributed by atoms with Crippen LogP contribution in [0.5, 0.6) is 0 Å². The van der Waals surface area contributed by atoms with E-state index in [4.69, 9.17) is 0 Å². The van der Waals surface area contributed by atoms with Crippen LogP contribution in [0.2, 0.25) is 0 Å². The first-order chi connectivity index (χ1) is 10.6. The van der Waals surface area contributed by atoms with Crippen LogP contribution in [-0.2, 0) is 4.79 Å². The Bertz CT molecular complexity index is 540. The largest absolute Gasteiger partial charge is 0.352 e. The van der Waals surface area contributed by atoms with Crippen molar-refractivity contribution in [2.45, 2.75) is 50.6 Å². The van der Waals surface area contributed by atoms with Crippen LogP contribution in [0.4, 0.5) is 0 Å². The first-order valence-electron chi connectivity index (χ1n) is 7.84. The van der Waals surface area contributed by atoms with Gasteiger partial charge in [-0.3, -0.25) is 9.59 Å². The van der Waals surface area contributed by atoms with Gasteiger partial charge < -0.3 is 10.2 Å². The van der Waals surface area contributed by atoms with E-state index < -0.39 is 0 Å². The molecular weight excluding hydrogens is 316 g/mol. The molecule has 2 aliphatic rings. The highest BCUT2D eigenvalue weighted by Crippen LogP contribution is 2.35. The van der Waals surface area contributed by atoms with Gasteiger partial charge in [-0.2, -0.15) is 0 Å². The molecule has 1 saturated carbocycles. The van der Waals surface area contributed by atoms with Crippen molar-refractivity contribution in [3.05, 3.63) is 22.4 Å². The van der Waals surface area contributed by atoms with Crippen molar-refractivity contribution in [2.24, 2.45) is 5.92 Å². The molecule has 1 aromatic heterocycles. The van der Waals surface area contributed by atoms with Crippen LogP contribution >= 0.6 is 23.1 Å². The van der Waals surface area contributed by atoms with Gasteiger partial charge in [0.15, 0.2) is 0 Å². The van der Waals surface area contributed by atoms with Crippen LogP contribution < -0.4 is 5.32 Å². The molecule has 2 fully saturated rings. The summed E-state index contributed by atoms with van der Waals surface area (Å²) in [4.78, 5) is 27.9. The molecule has 1 aliphatic heterocycles. The molecule has 6 heteroatoms. The van der Waals surface area contributed by atoms with Crippen molar-refractivity contribution in [1.29, 1.82) is 0 Å². The number of nitrogens with zero attached hydrogens (tertiary/aromatic N) is 1. The molecule has 2 unspecified atom stereocenters. The van der Waals surface area contributed by atoms with Crippen molar-refractivity contribution in [1.82, 2.24) is 10.2 Å². The van der Waals surface area contributed by atoms with E-state index in [0.29, 0.717) is 17.7 Å². The molecule has 2 heterocycles. The van der Waals surface area contributed by atoms with Crippen LogP contribution in [0.1, 0.15) is 42.8 Å². The molecule has 1 aliphatic carbocycles. The zero-order chi connectivity index (χ0) is 15.7. The quantitative estimate of drug-likeness (QED) is 0.898. The van der Waals surface area contributed by atoms with Crippen LogP contribution in [-0.4, -0.2) is 39.9 Å². The third-order valence-electron chi connectivity index (χ3n) is 3.96. The summed E-state index contributed by atoms with van der Waals surface area (Å²) in [5.41, 5.74) is 0. The Hall–Kier alpha value is -1.01. The van der Waals surface area contributed by atoms with Crippen molar-refractivity contribution >= 4 is 34.9 Å². The van der Waals surface area contributed by atoms with Gasteiger partial charge in [-0.05, 0) is 36.6 Å². The first-order valence-corrected chi connectivity index (χ1v) is 9.77. The second-order valence-corrected chi connectivity index (χ2v) is 8.56. The molecule has 1 saturated heterocycles. The van der Waals surface area contributed by atoms with Crippen LogP contribution in [0, 0.1) is 5.92 Å². The van der Waals surface area contributed by atoms with E-state index in [0.717, 1.165) is 24.1 Å². The number of nitrogens with one attached hydrogen (secondary N) is 1. The van der Waals surface area contributed by atoms with Crippen LogP contribution in [0.3, 0.4) is 0 Å². The highest BCUT2D eigenvalue weighted by atomic mass is 32.2. The zero-order valence-corrected chi connectivity index (χ0v) is 14.6. The second-order valence-electron chi connectivity index (χ2n) is 6.41. The predicted molar refractivity (Wildman–Crippen MR) is 91.1 cm³/mol. The summed E-state index contributed by atoms with van der Waals surface area (Å²) in [6.45, 7) is 4.32. The minimum atomic E-state index is -0.330. The summed E-state index contributed by atoms with van der Waals surface area (Å²) in [6.07, 6.45) is 3.06. The maximum atomic E-state index is 12.9. The maximum absolute atomic E-state index is 12.9. The van der Waals surface area contributed by atoms with Crippen molar-refractivity contribution in [3.63, 3.8) is 0 Å². The third-order valence-corrected chi connectivity index (χ3v) is 6.13. The number of hydrogen-bond acceptors (Lipinski definition) is 4. The Morgan fingerprint density at radius 1 is 1.41 bits per heavy atom. The van der Waals surface area contributed by atoms with E-state index in [9.17, 15) is 9.59 Å². The molecule has 4 nitrogen and oxygen atoms in total. The minimum Gasteiger partial charge on any atom is -0.352 e. The van der Waals surface area contributed by atoms with Gasteiger partial charge in [-0.1, -0.05) is 19.9 Å². The predicted octanol–water partition coefficient (Wildman–Crippen LogP) is 2.96. The molecule has 3 rings (SSSR count). The maximum Gasteiger partial charge on any atom is 0.265 e. The number of carbonyl (C=O) groups is 2. The van der Waals surface area contributed by atoms with Crippen molar-refractivity contribution in [2.75, 3.05) is 5.75 Å². The van der Waals surface area contributed by atoms with Crippen molar-refractivity contribution < 1.29 is 9.59 Å². The van der Waals surface area contributed by atoms with E-state index in [1.54, 1.807) is 11.8 Å². The Labute approximate surface area is 139 Å². The summed E-state index contributed by atoms with van der Waals surface area (Å²) in [6, 6.07) is 3.74. The standard InChI is InChI=1S/C16H22N2O2S2/c1-10(2)8-14-18(16(20)13-4-3-7-21-13)12(9-22-14)15(19)17-11-5-6-11/h3-4,7,10-12,14H,5-6,8-9H2,1-2H3,(H,17,19). The van der Waals surface area contributed by atoms with Gasteiger partial charge in [-0.25, -0.2) is 0 Å². The normalized spacial score (nSPS) is 24.8. The SMILES string of the molecule is CC(C)CC1SCC(C(=O)NC2CC2)N1C(=O)c1cccs1. The molecule has 120 valence electrons. The monoisotopic (exact) mass is 338 g/mol. The molecular formula is C16H22N2O2S2. The van der Waals surface area contributed by atoms with E-state index in [2.05, 4.69) is 19.2 Å². The Balaban J connectivity index is 1.78. The second kappa shape index (κ2) is 6.62. The fourth-order valence-corrected chi connectivity index (χ4v) is 4.98. The number of thiophene rings is 1. The highest BCUT2D eigenvalue weighted by molar-refractivity contribution is 8.00. The molecule has 1 aromatic rings. The highest BCUT2D eigenvalue weighted by Gasteiger charge is 2.43. The van der Waals surface area contributed by atoms with Crippen LogP contribution in [0.25, 0.3) is 0 Å². The van der Waals surface area contributed by atoms with E-state index in [1.165, 1.54) is 11.3 Å². The van der Waals surface area contributed by atoms with Crippen molar-refractivity contribution in [3.8, 4) is 0 Å². The molecule has 1 N–H and O–H groups in total. The van der Waals surface area contributed by atoms with E-state index in [-0.39, 0.29) is 23.2 Å². The smallest absolute Gasteiger partial charge is 0.265 e. The summed E-state index contributed by atoms with van der Waals surface area (Å²) in [5, 5.41) is 5.07. The number of carbonyl (C=O) groups excluding carboxylic acids is 2. The lowest BCUT2D eigenvalue weighted by Gasteiger charge is -2.29. The fourth-order valence-electron chi connectivity index (χ4n) is 2.68. The molecule has 22 heavy (non-hydrogen) atoms. The Morgan fingerprint density at radius 3 is 2.77 bits per heavy atom. The van der Waals surface area contributed by atoms with Gasteiger partial charge in [0.2, 0.25) is 5.91 Å². The molecule has 2 amide bonds. The summed E-state index contributed by atoms with van der Waals surface area (Å²) in [7, 11) is 0. The number of rotatable bonds is 5. The first kappa shape index (κ1) is 15.9. The average molecular weight is 338 g/mol. The lowest BCUT2D eigenvalue weighted by Crippen LogP contribution is -2.50. The lowest BCUT2D eigenvalue weighted by molar-refractivity contribution is -0.125. The topological polar surface area (TPSA) is 49.4 Å². The fraction of sp³-hybridized carbons (Fsp3) is 0.625. The van der Waals surface area contributed by atoms with Crippen LogP contribution in [0.15, 0.2) is 17.5 Å². The molecule has 2 atom stereocenters. The molecule has 0 bridgehead atoms. The van der Waals surface area contributed by atoms with Gasteiger partial charge in [0.25, 0.3) is 5.91 Å². The molecule has 0 spiro atoms. The molecule has 0 aromatic carbocycles. The van der Waals surface area contributed by atoms with Gasteiger partial charge >= 0.3 is 0 Å². The number of amides is 2. The summed E-state index contributed by atoms with van der Waals surface area (Å²) >= 11 is 3.18. The zero-order valence-electron chi connectivity index (χ0n) is 13.0. The number of hydrogen-bond donors (Lipinski definition) is 1. The number of thioether (sulfide) groups is 1. The van der Waals surface area contributed by atoms with Gasteiger partial charge in [0, 0.05) is 11.8 Å². The summed E-state index contributed by atoms with van der Waals surface area (Å²) in [5.74, 6) is 1.22.